The molecule has 1 unspecified atom stereocenters. The number of nitriles is 1. The number of carbonyl (C=O) groups excluding carboxylic acids is 1. The van der Waals surface area contributed by atoms with Crippen molar-refractivity contribution in [2.75, 3.05) is 26.1 Å². The van der Waals surface area contributed by atoms with Gasteiger partial charge < -0.3 is 14.8 Å². The number of amides is 1. The largest absolute Gasteiger partial charge is 0.495 e. The van der Waals surface area contributed by atoms with Gasteiger partial charge in [0.05, 0.1) is 12.7 Å². The molecule has 1 amide bonds. The fraction of sp³-hybridized carbons (Fsp3) is 0.429. The molecule has 0 aromatic heterocycles. The molecule has 1 rings (SSSR count). The Labute approximate surface area is 113 Å². The summed E-state index contributed by atoms with van der Waals surface area (Å²) < 4.78 is 10.1. The van der Waals surface area contributed by atoms with Crippen LogP contribution in [0.3, 0.4) is 0 Å². The van der Waals surface area contributed by atoms with Crippen molar-refractivity contribution in [3.8, 4) is 11.8 Å². The van der Waals surface area contributed by atoms with Gasteiger partial charge in [0.25, 0.3) is 0 Å². The van der Waals surface area contributed by atoms with E-state index in [-0.39, 0.29) is 11.8 Å². The number of ether oxygens (including phenoxy) is 2. The van der Waals surface area contributed by atoms with Gasteiger partial charge >= 0.3 is 0 Å². The van der Waals surface area contributed by atoms with Gasteiger partial charge in [-0.3, -0.25) is 4.79 Å². The second-order valence-electron chi connectivity index (χ2n) is 4.31. The maximum absolute atomic E-state index is 11.9. The Morgan fingerprint density at radius 1 is 1.47 bits per heavy atom. The first kappa shape index (κ1) is 15.0. The van der Waals surface area contributed by atoms with Crippen LogP contribution in [0.2, 0.25) is 0 Å². The van der Waals surface area contributed by atoms with E-state index in [0.717, 1.165) is 0 Å². The summed E-state index contributed by atoms with van der Waals surface area (Å²) in [7, 11) is 3.10. The summed E-state index contributed by atoms with van der Waals surface area (Å²) in [6.07, 6.45) is 0.330. The predicted octanol–water partition coefficient (Wildman–Crippen LogP) is 2.18. The lowest BCUT2D eigenvalue weighted by atomic mass is 10.1. The van der Waals surface area contributed by atoms with E-state index >= 15 is 0 Å². The summed E-state index contributed by atoms with van der Waals surface area (Å²) in [5, 5.41) is 11.8. The summed E-state index contributed by atoms with van der Waals surface area (Å²) in [5.41, 5.74) is 0.800. The van der Waals surface area contributed by atoms with Gasteiger partial charge in [0, 0.05) is 20.1 Å². The summed E-state index contributed by atoms with van der Waals surface area (Å²) in [6.45, 7) is 2.45. The molecule has 0 spiro atoms. The van der Waals surface area contributed by atoms with E-state index in [2.05, 4.69) is 5.32 Å². The summed E-state index contributed by atoms with van der Waals surface area (Å²) >= 11 is 0. The fourth-order valence-corrected chi connectivity index (χ4v) is 1.77. The highest BCUT2D eigenvalue weighted by molar-refractivity contribution is 5.94. The number of benzene rings is 1. The minimum atomic E-state index is -0.162. The molecule has 0 saturated heterocycles. The Hall–Kier alpha value is -2.06. The third kappa shape index (κ3) is 4.27. The highest BCUT2D eigenvalue weighted by atomic mass is 16.5. The van der Waals surface area contributed by atoms with Crippen LogP contribution in [-0.4, -0.2) is 26.7 Å². The maximum Gasteiger partial charge on any atom is 0.224 e. The number of hydrogen-bond acceptors (Lipinski definition) is 4. The Morgan fingerprint density at radius 2 is 2.21 bits per heavy atom. The van der Waals surface area contributed by atoms with Crippen LogP contribution in [-0.2, 0) is 9.53 Å². The van der Waals surface area contributed by atoms with Crippen LogP contribution in [0.4, 0.5) is 5.69 Å². The second-order valence-corrected chi connectivity index (χ2v) is 4.31. The predicted molar refractivity (Wildman–Crippen MR) is 72.0 cm³/mol. The lowest BCUT2D eigenvalue weighted by Gasteiger charge is -2.13. The van der Waals surface area contributed by atoms with E-state index in [4.69, 9.17) is 14.7 Å². The first-order chi connectivity index (χ1) is 9.12. The standard InChI is InChI=1S/C14H18N2O3/c1-10(9-18-2)7-13(17)16-14-11(8-15)5-4-6-12(14)19-3/h4-6,10H,7,9H2,1-3H3,(H,16,17). The smallest absolute Gasteiger partial charge is 0.224 e. The molecule has 0 aliphatic heterocycles. The van der Waals surface area contributed by atoms with Crippen LogP contribution in [0.25, 0.3) is 0 Å². The molecule has 0 aliphatic rings. The average Bonchev–Trinajstić information content (AvgIpc) is 2.39. The number of anilines is 1. The van der Waals surface area contributed by atoms with Crippen molar-refractivity contribution in [3.63, 3.8) is 0 Å². The molecule has 19 heavy (non-hydrogen) atoms. The van der Waals surface area contributed by atoms with Crippen molar-refractivity contribution >= 4 is 11.6 Å². The average molecular weight is 262 g/mol. The van der Waals surface area contributed by atoms with Gasteiger partial charge in [-0.05, 0) is 18.1 Å². The van der Waals surface area contributed by atoms with E-state index in [1.54, 1.807) is 25.3 Å². The zero-order chi connectivity index (χ0) is 14.3. The molecule has 0 aliphatic carbocycles. The van der Waals surface area contributed by atoms with Crippen molar-refractivity contribution in [2.45, 2.75) is 13.3 Å². The topological polar surface area (TPSA) is 71.3 Å². The van der Waals surface area contributed by atoms with Crippen molar-refractivity contribution in [1.82, 2.24) is 0 Å². The van der Waals surface area contributed by atoms with Gasteiger partial charge in [-0.2, -0.15) is 5.26 Å². The summed E-state index contributed by atoms with van der Waals surface area (Å²) in [6, 6.07) is 7.08. The van der Waals surface area contributed by atoms with Crippen LogP contribution in [0.1, 0.15) is 18.9 Å². The van der Waals surface area contributed by atoms with Gasteiger partial charge in [-0.1, -0.05) is 13.0 Å². The Kier molecular flexibility index (Phi) is 5.83. The summed E-state index contributed by atoms with van der Waals surface area (Å²) in [4.78, 5) is 11.9. The number of methoxy groups -OCH3 is 2. The number of nitrogens with one attached hydrogen (secondary N) is 1. The lowest BCUT2D eigenvalue weighted by Crippen LogP contribution is -2.18. The molecule has 5 heteroatoms. The third-order valence-corrected chi connectivity index (χ3v) is 2.62. The number of hydrogen-bond donors (Lipinski definition) is 1. The minimum Gasteiger partial charge on any atom is -0.495 e. The van der Waals surface area contributed by atoms with Crippen molar-refractivity contribution in [3.05, 3.63) is 23.8 Å². The molecule has 0 fully saturated rings. The molecule has 0 radical (unpaired) electrons. The zero-order valence-corrected chi connectivity index (χ0v) is 11.4. The lowest BCUT2D eigenvalue weighted by molar-refractivity contribution is -0.117. The fourth-order valence-electron chi connectivity index (χ4n) is 1.77. The van der Waals surface area contributed by atoms with E-state index in [1.165, 1.54) is 7.11 Å². The van der Waals surface area contributed by atoms with E-state index in [0.29, 0.717) is 30.0 Å². The van der Waals surface area contributed by atoms with Crippen LogP contribution in [0, 0.1) is 17.2 Å². The monoisotopic (exact) mass is 262 g/mol. The van der Waals surface area contributed by atoms with Crippen molar-refractivity contribution in [2.24, 2.45) is 5.92 Å². The highest BCUT2D eigenvalue weighted by Crippen LogP contribution is 2.28. The highest BCUT2D eigenvalue weighted by Gasteiger charge is 2.14. The molecule has 1 N–H and O–H groups in total. The minimum absolute atomic E-state index is 0.116. The molecule has 5 nitrogen and oxygen atoms in total. The molecule has 0 heterocycles. The first-order valence-electron chi connectivity index (χ1n) is 5.98. The quantitative estimate of drug-likeness (QED) is 0.853. The maximum atomic E-state index is 11.9. The molecule has 1 atom stereocenters. The number of nitrogens with zero attached hydrogens (tertiary/aromatic N) is 1. The zero-order valence-electron chi connectivity index (χ0n) is 11.4. The molecule has 0 saturated carbocycles. The number of carbonyl (C=O) groups is 1. The number of rotatable bonds is 6. The van der Waals surface area contributed by atoms with E-state index in [1.807, 2.05) is 13.0 Å². The van der Waals surface area contributed by atoms with Crippen molar-refractivity contribution in [1.29, 1.82) is 5.26 Å². The van der Waals surface area contributed by atoms with Crippen LogP contribution >= 0.6 is 0 Å². The van der Waals surface area contributed by atoms with Gasteiger partial charge in [0.2, 0.25) is 5.91 Å². The Morgan fingerprint density at radius 3 is 2.79 bits per heavy atom. The number of para-hydroxylation sites is 1. The van der Waals surface area contributed by atoms with E-state index < -0.39 is 0 Å². The first-order valence-corrected chi connectivity index (χ1v) is 5.98. The summed E-state index contributed by atoms with van der Waals surface area (Å²) in [5.74, 6) is 0.433. The Bertz CT molecular complexity index is 480. The molecular weight excluding hydrogens is 244 g/mol. The van der Waals surface area contributed by atoms with Crippen LogP contribution in [0.5, 0.6) is 5.75 Å². The van der Waals surface area contributed by atoms with Gasteiger partial charge in [-0.15, -0.1) is 0 Å². The Balaban J connectivity index is 2.81. The van der Waals surface area contributed by atoms with Gasteiger partial charge in [-0.25, -0.2) is 0 Å². The normalized spacial score (nSPS) is 11.5. The SMILES string of the molecule is COCC(C)CC(=O)Nc1c(C#N)cccc1OC. The van der Waals surface area contributed by atoms with Gasteiger partial charge in [0.15, 0.2) is 0 Å². The molecule has 0 bridgehead atoms. The van der Waals surface area contributed by atoms with Gasteiger partial charge in [0.1, 0.15) is 17.5 Å². The van der Waals surface area contributed by atoms with Crippen LogP contribution < -0.4 is 10.1 Å². The molecule has 1 aromatic carbocycles. The molecule has 102 valence electrons. The molecular formula is C14H18N2O3. The third-order valence-electron chi connectivity index (χ3n) is 2.62. The van der Waals surface area contributed by atoms with E-state index in [9.17, 15) is 4.79 Å². The second kappa shape index (κ2) is 7.39. The van der Waals surface area contributed by atoms with Crippen LogP contribution in [0.15, 0.2) is 18.2 Å². The van der Waals surface area contributed by atoms with Crippen molar-refractivity contribution < 1.29 is 14.3 Å². The molecule has 1 aromatic rings.